The van der Waals surface area contributed by atoms with Crippen LogP contribution in [0.3, 0.4) is 0 Å². The van der Waals surface area contributed by atoms with Crippen LogP contribution in [0, 0.1) is 3.57 Å². The second-order valence-electron chi connectivity index (χ2n) is 5.13. The van der Waals surface area contributed by atoms with Gasteiger partial charge in [-0.2, -0.15) is 0 Å². The van der Waals surface area contributed by atoms with Gasteiger partial charge >= 0.3 is 0 Å². The third-order valence-electron chi connectivity index (χ3n) is 4.01. The lowest BCUT2D eigenvalue weighted by molar-refractivity contribution is 0.468. The molecule has 2 aromatic rings. The molecule has 1 aliphatic rings. The number of likely N-dealkylation sites (N-methyl/N-ethyl adjacent to an activating group) is 1. The number of benzene rings is 1. The van der Waals surface area contributed by atoms with Crippen LogP contribution in [0.2, 0.25) is 0 Å². The van der Waals surface area contributed by atoms with Crippen LogP contribution >= 0.6 is 38.5 Å². The lowest BCUT2D eigenvalue weighted by atomic mass is 9.91. The fourth-order valence-electron chi connectivity index (χ4n) is 3.09. The molecule has 0 aliphatic heterocycles. The van der Waals surface area contributed by atoms with E-state index in [1.54, 1.807) is 0 Å². The molecule has 1 heterocycles. The monoisotopic (exact) mass is 442 g/mol. The molecule has 4 heteroatoms. The van der Waals surface area contributed by atoms with Crippen LogP contribution in [-0.2, 0) is 6.42 Å². The maximum atomic E-state index is 4.63. The molecule has 0 radical (unpaired) electrons. The zero-order valence-corrected chi connectivity index (χ0v) is 15.0. The van der Waals surface area contributed by atoms with Gasteiger partial charge in [0.2, 0.25) is 0 Å². The summed E-state index contributed by atoms with van der Waals surface area (Å²) in [6.45, 7) is 0. The van der Waals surface area contributed by atoms with Crippen molar-refractivity contribution in [3.63, 3.8) is 0 Å². The number of fused-ring (bicyclic) bond motifs is 1. The number of hydrogen-bond donors (Lipinski definition) is 1. The topological polar surface area (TPSA) is 24.9 Å². The van der Waals surface area contributed by atoms with Gasteiger partial charge < -0.3 is 5.32 Å². The Balaban J connectivity index is 2.01. The highest BCUT2D eigenvalue weighted by Crippen LogP contribution is 2.42. The highest BCUT2D eigenvalue weighted by atomic mass is 127. The SMILES string of the molecule is CNC(c1cc(I)ccc1Br)C1CCc2cccnc21. The number of nitrogens with zero attached hydrogens (tertiary/aromatic N) is 1. The second-order valence-corrected chi connectivity index (χ2v) is 7.23. The van der Waals surface area contributed by atoms with Crippen molar-refractivity contribution in [2.45, 2.75) is 24.8 Å². The van der Waals surface area contributed by atoms with Crippen LogP contribution in [0.5, 0.6) is 0 Å². The van der Waals surface area contributed by atoms with Gasteiger partial charge in [-0.1, -0.05) is 22.0 Å². The smallest absolute Gasteiger partial charge is 0.0485 e. The van der Waals surface area contributed by atoms with Crippen molar-refractivity contribution in [2.75, 3.05) is 7.05 Å². The number of aryl methyl sites for hydroxylation is 1. The number of pyridine rings is 1. The first-order valence-electron chi connectivity index (χ1n) is 6.76. The van der Waals surface area contributed by atoms with Crippen molar-refractivity contribution >= 4 is 38.5 Å². The lowest BCUT2D eigenvalue weighted by Gasteiger charge is -2.25. The van der Waals surface area contributed by atoms with E-state index in [1.165, 1.54) is 24.9 Å². The second kappa shape index (κ2) is 6.12. The molecule has 0 amide bonds. The first-order valence-corrected chi connectivity index (χ1v) is 8.64. The predicted octanol–water partition coefficient (Wildman–Crippen LogP) is 4.44. The lowest BCUT2D eigenvalue weighted by Crippen LogP contribution is -2.23. The van der Waals surface area contributed by atoms with Crippen molar-refractivity contribution in [2.24, 2.45) is 0 Å². The summed E-state index contributed by atoms with van der Waals surface area (Å²) < 4.78 is 2.43. The Labute approximate surface area is 141 Å². The summed E-state index contributed by atoms with van der Waals surface area (Å²) >= 11 is 6.07. The summed E-state index contributed by atoms with van der Waals surface area (Å²) in [5.74, 6) is 0.450. The summed E-state index contributed by atoms with van der Waals surface area (Å²) in [7, 11) is 2.04. The summed E-state index contributed by atoms with van der Waals surface area (Å²) in [4.78, 5) is 4.63. The third-order valence-corrected chi connectivity index (χ3v) is 5.40. The molecular formula is C16H16BrIN2. The molecular weight excluding hydrogens is 427 g/mol. The number of hydrogen-bond acceptors (Lipinski definition) is 2. The van der Waals surface area contributed by atoms with Gasteiger partial charge in [0.15, 0.2) is 0 Å². The van der Waals surface area contributed by atoms with E-state index in [1.807, 2.05) is 19.3 Å². The maximum absolute atomic E-state index is 4.63. The van der Waals surface area contributed by atoms with Gasteiger partial charge in [0.05, 0.1) is 0 Å². The zero-order chi connectivity index (χ0) is 14.1. The van der Waals surface area contributed by atoms with E-state index < -0.39 is 0 Å². The quantitative estimate of drug-likeness (QED) is 0.710. The van der Waals surface area contributed by atoms with Gasteiger partial charge in [-0.3, -0.25) is 4.98 Å². The molecule has 20 heavy (non-hydrogen) atoms. The molecule has 104 valence electrons. The Kier molecular flexibility index (Phi) is 4.43. The third kappa shape index (κ3) is 2.65. The van der Waals surface area contributed by atoms with Crippen LogP contribution in [0.4, 0.5) is 0 Å². The number of rotatable bonds is 3. The Bertz CT molecular complexity index is 630. The Hall–Kier alpha value is -0.460. The minimum Gasteiger partial charge on any atom is -0.312 e. The molecule has 0 fully saturated rings. The first kappa shape index (κ1) is 14.5. The molecule has 2 atom stereocenters. The fourth-order valence-corrected chi connectivity index (χ4v) is 4.10. The van der Waals surface area contributed by atoms with Crippen LogP contribution in [-0.4, -0.2) is 12.0 Å². The van der Waals surface area contributed by atoms with E-state index in [9.17, 15) is 0 Å². The van der Waals surface area contributed by atoms with E-state index in [-0.39, 0.29) is 0 Å². The van der Waals surface area contributed by atoms with Gasteiger partial charge in [0.25, 0.3) is 0 Å². The molecule has 2 unspecified atom stereocenters. The summed E-state index contributed by atoms with van der Waals surface area (Å²) in [5, 5.41) is 3.50. The number of aromatic nitrogens is 1. The molecule has 3 rings (SSSR count). The molecule has 0 saturated heterocycles. The van der Waals surface area contributed by atoms with Crippen LogP contribution < -0.4 is 5.32 Å². The fraction of sp³-hybridized carbons (Fsp3) is 0.312. The minimum absolute atomic E-state index is 0.301. The number of nitrogens with one attached hydrogen (secondary N) is 1. The molecule has 1 N–H and O–H groups in total. The maximum Gasteiger partial charge on any atom is 0.0485 e. The Morgan fingerprint density at radius 2 is 2.25 bits per heavy atom. The molecule has 0 bridgehead atoms. The van der Waals surface area contributed by atoms with Crippen LogP contribution in [0.25, 0.3) is 0 Å². The van der Waals surface area contributed by atoms with E-state index in [0.29, 0.717) is 12.0 Å². The van der Waals surface area contributed by atoms with E-state index in [2.05, 4.69) is 73.1 Å². The molecule has 0 spiro atoms. The molecule has 1 aromatic carbocycles. The van der Waals surface area contributed by atoms with Gasteiger partial charge in [-0.25, -0.2) is 0 Å². The summed E-state index contributed by atoms with van der Waals surface area (Å²) in [6.07, 6.45) is 4.21. The summed E-state index contributed by atoms with van der Waals surface area (Å²) in [6, 6.07) is 11.1. The highest BCUT2D eigenvalue weighted by molar-refractivity contribution is 14.1. The minimum atomic E-state index is 0.301. The normalized spacial score (nSPS) is 18.9. The summed E-state index contributed by atoms with van der Waals surface area (Å²) in [5.41, 5.74) is 3.99. The van der Waals surface area contributed by atoms with Gasteiger partial charge in [-0.15, -0.1) is 0 Å². The van der Waals surface area contributed by atoms with Crippen molar-refractivity contribution in [3.8, 4) is 0 Å². The van der Waals surface area contributed by atoms with Crippen molar-refractivity contribution in [1.82, 2.24) is 10.3 Å². The predicted molar refractivity (Wildman–Crippen MR) is 94.0 cm³/mol. The Morgan fingerprint density at radius 3 is 3.05 bits per heavy atom. The average Bonchev–Trinajstić information content (AvgIpc) is 2.88. The van der Waals surface area contributed by atoms with Crippen LogP contribution in [0.1, 0.15) is 35.2 Å². The van der Waals surface area contributed by atoms with Crippen molar-refractivity contribution in [1.29, 1.82) is 0 Å². The first-order chi connectivity index (χ1) is 9.70. The molecule has 1 aromatic heterocycles. The van der Waals surface area contributed by atoms with Crippen molar-refractivity contribution in [3.05, 3.63) is 61.4 Å². The van der Waals surface area contributed by atoms with E-state index in [0.717, 1.165) is 12.8 Å². The molecule has 0 saturated carbocycles. The average molecular weight is 443 g/mol. The van der Waals surface area contributed by atoms with E-state index in [4.69, 9.17) is 0 Å². The number of halogens is 2. The van der Waals surface area contributed by atoms with Crippen LogP contribution in [0.15, 0.2) is 41.0 Å². The highest BCUT2D eigenvalue weighted by Gasteiger charge is 2.32. The molecule has 2 nitrogen and oxygen atoms in total. The van der Waals surface area contributed by atoms with Gasteiger partial charge in [0, 0.05) is 31.9 Å². The standard InChI is InChI=1S/C16H16BrIN2/c1-19-16(13-9-11(18)5-7-14(13)17)12-6-4-10-3-2-8-20-15(10)12/h2-3,5,7-9,12,16,19H,4,6H2,1H3. The van der Waals surface area contributed by atoms with Gasteiger partial charge in [-0.05, 0) is 77.9 Å². The van der Waals surface area contributed by atoms with E-state index >= 15 is 0 Å². The largest absolute Gasteiger partial charge is 0.312 e. The Morgan fingerprint density at radius 1 is 1.40 bits per heavy atom. The zero-order valence-electron chi connectivity index (χ0n) is 11.2. The van der Waals surface area contributed by atoms with Crippen molar-refractivity contribution < 1.29 is 0 Å². The van der Waals surface area contributed by atoms with Gasteiger partial charge in [0.1, 0.15) is 0 Å². The molecule has 1 aliphatic carbocycles.